The molecule has 0 aromatic carbocycles. The van der Waals surface area contributed by atoms with Crippen LogP contribution in [0.4, 0.5) is 4.79 Å². The first-order valence-electron chi connectivity index (χ1n) is 11.5. The fourth-order valence-electron chi connectivity index (χ4n) is 4.67. The van der Waals surface area contributed by atoms with Crippen molar-refractivity contribution in [3.8, 4) is 0 Å². The molecule has 2 atom stereocenters. The first kappa shape index (κ1) is 22.6. The van der Waals surface area contributed by atoms with Crippen LogP contribution in [0.3, 0.4) is 0 Å². The quantitative estimate of drug-likeness (QED) is 0.628. The third-order valence-corrected chi connectivity index (χ3v) is 7.36. The summed E-state index contributed by atoms with van der Waals surface area (Å²) in [6.45, 7) is 1.34. The van der Waals surface area contributed by atoms with Crippen molar-refractivity contribution in [1.82, 2.24) is 25.8 Å². The summed E-state index contributed by atoms with van der Waals surface area (Å²) in [6, 6.07) is 1.98. The molecule has 5 amide bonds. The molecule has 0 radical (unpaired) electrons. The zero-order valence-corrected chi connectivity index (χ0v) is 19.0. The minimum absolute atomic E-state index is 0.106. The highest BCUT2D eigenvalue weighted by Crippen LogP contribution is 2.20. The van der Waals surface area contributed by atoms with Crippen molar-refractivity contribution in [2.24, 2.45) is 0 Å². The van der Waals surface area contributed by atoms with Gasteiger partial charge in [0.15, 0.2) is 0 Å². The smallest absolute Gasteiger partial charge is 0.318 e. The number of carbonyl (C=O) groups is 4. The van der Waals surface area contributed by atoms with Gasteiger partial charge in [-0.3, -0.25) is 14.4 Å². The summed E-state index contributed by atoms with van der Waals surface area (Å²) >= 11 is 1.36. The van der Waals surface area contributed by atoms with Crippen molar-refractivity contribution in [2.75, 3.05) is 26.2 Å². The van der Waals surface area contributed by atoms with E-state index in [0.717, 1.165) is 32.1 Å². The lowest BCUT2D eigenvalue weighted by Gasteiger charge is -2.41. The van der Waals surface area contributed by atoms with Crippen LogP contribution in [0.1, 0.15) is 54.6 Å². The number of carbonyl (C=O) groups excluding carboxylic acids is 4. The van der Waals surface area contributed by atoms with Gasteiger partial charge in [0, 0.05) is 25.7 Å². The van der Waals surface area contributed by atoms with E-state index in [2.05, 4.69) is 16.0 Å². The van der Waals surface area contributed by atoms with Crippen molar-refractivity contribution in [3.63, 3.8) is 0 Å². The second kappa shape index (κ2) is 10.3. The Labute approximate surface area is 191 Å². The molecule has 1 aromatic rings. The van der Waals surface area contributed by atoms with Gasteiger partial charge in [0.05, 0.1) is 11.4 Å². The zero-order valence-electron chi connectivity index (χ0n) is 18.2. The van der Waals surface area contributed by atoms with Gasteiger partial charge in [-0.25, -0.2) is 4.79 Å². The molecule has 2 aliphatic heterocycles. The number of piperidine rings is 1. The monoisotopic (exact) mass is 461 g/mol. The van der Waals surface area contributed by atoms with Gasteiger partial charge in [-0.15, -0.1) is 11.3 Å². The summed E-state index contributed by atoms with van der Waals surface area (Å²) in [7, 11) is 0. The molecule has 3 N–H and O–H groups in total. The average Bonchev–Trinajstić information content (AvgIpc) is 3.35. The van der Waals surface area contributed by atoms with Gasteiger partial charge in [0.2, 0.25) is 11.8 Å². The Hall–Kier alpha value is -2.62. The Kier molecular flexibility index (Phi) is 7.29. The van der Waals surface area contributed by atoms with Crippen LogP contribution >= 0.6 is 11.3 Å². The van der Waals surface area contributed by atoms with Gasteiger partial charge in [-0.05, 0) is 37.1 Å². The molecule has 3 aliphatic rings. The third-order valence-electron chi connectivity index (χ3n) is 6.50. The number of thiophene rings is 1. The highest BCUT2D eigenvalue weighted by molar-refractivity contribution is 7.12. The van der Waals surface area contributed by atoms with Crippen molar-refractivity contribution in [3.05, 3.63) is 22.4 Å². The Morgan fingerprint density at radius 1 is 1.03 bits per heavy atom. The van der Waals surface area contributed by atoms with Crippen LogP contribution in [-0.4, -0.2) is 77.9 Å². The topological polar surface area (TPSA) is 111 Å². The van der Waals surface area contributed by atoms with Crippen molar-refractivity contribution in [1.29, 1.82) is 0 Å². The molecular formula is C22H31N5O4S. The van der Waals surface area contributed by atoms with E-state index < -0.39 is 18.0 Å². The molecular weight excluding hydrogens is 430 g/mol. The highest BCUT2D eigenvalue weighted by atomic mass is 32.1. The van der Waals surface area contributed by atoms with Gasteiger partial charge >= 0.3 is 6.03 Å². The molecule has 4 rings (SSSR count). The molecule has 1 aliphatic carbocycles. The van der Waals surface area contributed by atoms with Crippen molar-refractivity contribution < 1.29 is 19.2 Å². The predicted octanol–water partition coefficient (Wildman–Crippen LogP) is 1.31. The molecule has 10 heteroatoms. The second-order valence-corrected chi connectivity index (χ2v) is 9.66. The number of nitrogens with zero attached hydrogens (tertiary/aromatic N) is 2. The maximum absolute atomic E-state index is 13.2. The molecule has 3 heterocycles. The van der Waals surface area contributed by atoms with Gasteiger partial charge < -0.3 is 25.8 Å². The van der Waals surface area contributed by atoms with Crippen LogP contribution in [0.15, 0.2) is 17.5 Å². The fourth-order valence-corrected chi connectivity index (χ4v) is 5.36. The molecule has 0 bridgehead atoms. The Morgan fingerprint density at radius 3 is 2.56 bits per heavy atom. The molecule has 3 fully saturated rings. The average molecular weight is 462 g/mol. The maximum Gasteiger partial charge on any atom is 0.318 e. The summed E-state index contributed by atoms with van der Waals surface area (Å²) in [6.07, 6.45) is 6.61. The largest absolute Gasteiger partial charge is 0.354 e. The normalized spacial score (nSPS) is 24.6. The lowest BCUT2D eigenvalue weighted by atomic mass is 9.95. The number of rotatable bonds is 4. The third kappa shape index (κ3) is 5.23. The Morgan fingerprint density at radius 2 is 1.84 bits per heavy atom. The van der Waals surface area contributed by atoms with E-state index in [0.29, 0.717) is 24.4 Å². The van der Waals surface area contributed by atoms with E-state index >= 15 is 0 Å². The summed E-state index contributed by atoms with van der Waals surface area (Å²) in [5.74, 6) is -0.736. The fraction of sp³-hybridized carbons (Fsp3) is 0.636. The number of piperazine rings is 1. The van der Waals surface area contributed by atoms with E-state index in [9.17, 15) is 19.2 Å². The number of hydrogen-bond acceptors (Lipinski definition) is 5. The summed E-state index contributed by atoms with van der Waals surface area (Å²) < 4.78 is 0. The SMILES string of the molecule is O=C(N[C@@H]1CCCNC1=O)[C@H]1CN(C(=O)c2cccs2)CCN1C(=O)NC1CCCCC1. The number of hydrogen-bond donors (Lipinski definition) is 3. The number of amides is 5. The van der Waals surface area contributed by atoms with Crippen molar-refractivity contribution in [2.45, 2.75) is 63.1 Å². The summed E-state index contributed by atoms with van der Waals surface area (Å²) in [4.78, 5) is 55.1. The molecule has 1 saturated carbocycles. The van der Waals surface area contributed by atoms with Gasteiger partial charge in [-0.2, -0.15) is 0 Å². The first-order chi connectivity index (χ1) is 15.5. The lowest BCUT2D eigenvalue weighted by Crippen LogP contribution is -2.65. The molecule has 174 valence electrons. The molecule has 0 unspecified atom stereocenters. The predicted molar refractivity (Wildman–Crippen MR) is 120 cm³/mol. The van der Waals surface area contributed by atoms with Crippen LogP contribution < -0.4 is 16.0 Å². The van der Waals surface area contributed by atoms with E-state index in [1.165, 1.54) is 22.7 Å². The van der Waals surface area contributed by atoms with E-state index in [-0.39, 0.29) is 37.0 Å². The minimum atomic E-state index is -0.842. The maximum atomic E-state index is 13.2. The summed E-state index contributed by atoms with van der Waals surface area (Å²) in [5.41, 5.74) is 0. The van der Waals surface area contributed by atoms with E-state index in [1.54, 1.807) is 11.0 Å². The standard InChI is InChI=1S/C22H31N5O4S/c28-19-16(8-4-10-23-19)25-20(29)17-14-26(21(30)18-9-5-13-32-18)11-12-27(17)22(31)24-15-6-2-1-3-7-15/h5,9,13,15-17H,1-4,6-8,10-12,14H2,(H,23,28)(H,24,31)(H,25,29)/t16-,17-/m1/s1. The molecule has 2 saturated heterocycles. The Bertz CT molecular complexity index is 839. The minimum Gasteiger partial charge on any atom is -0.354 e. The number of nitrogens with one attached hydrogen (secondary N) is 3. The highest BCUT2D eigenvalue weighted by Gasteiger charge is 2.39. The second-order valence-electron chi connectivity index (χ2n) is 8.72. The number of urea groups is 1. The molecule has 0 spiro atoms. The first-order valence-corrected chi connectivity index (χ1v) is 12.4. The van der Waals surface area contributed by atoms with Gasteiger partial charge in [0.25, 0.3) is 5.91 Å². The van der Waals surface area contributed by atoms with E-state index in [4.69, 9.17) is 0 Å². The zero-order chi connectivity index (χ0) is 22.5. The van der Waals surface area contributed by atoms with Crippen molar-refractivity contribution >= 4 is 35.1 Å². The molecule has 9 nitrogen and oxygen atoms in total. The van der Waals surface area contributed by atoms with Crippen LogP contribution in [-0.2, 0) is 9.59 Å². The summed E-state index contributed by atoms with van der Waals surface area (Å²) in [5, 5.41) is 10.5. The van der Waals surface area contributed by atoms with Crippen LogP contribution in [0.5, 0.6) is 0 Å². The molecule has 1 aromatic heterocycles. The van der Waals surface area contributed by atoms with Crippen LogP contribution in [0.2, 0.25) is 0 Å². The van der Waals surface area contributed by atoms with Crippen LogP contribution in [0, 0.1) is 0 Å². The van der Waals surface area contributed by atoms with Crippen LogP contribution in [0.25, 0.3) is 0 Å². The lowest BCUT2D eigenvalue weighted by molar-refractivity contribution is -0.133. The van der Waals surface area contributed by atoms with Gasteiger partial charge in [0.1, 0.15) is 12.1 Å². The molecule has 32 heavy (non-hydrogen) atoms. The van der Waals surface area contributed by atoms with E-state index in [1.807, 2.05) is 11.4 Å². The van der Waals surface area contributed by atoms with Gasteiger partial charge in [-0.1, -0.05) is 25.3 Å². The Balaban J connectivity index is 1.47.